The lowest BCUT2D eigenvalue weighted by Gasteiger charge is -2.12. The van der Waals surface area contributed by atoms with Crippen molar-refractivity contribution in [2.45, 2.75) is 46.1 Å². The van der Waals surface area contributed by atoms with Crippen LogP contribution in [0.1, 0.15) is 58.7 Å². The van der Waals surface area contributed by atoms with E-state index in [1.165, 1.54) is 16.0 Å². The monoisotopic (exact) mass is 274 g/mol. The lowest BCUT2D eigenvalue weighted by atomic mass is 9.96. The Hall–Kier alpha value is -1.12. The van der Waals surface area contributed by atoms with E-state index in [1.807, 2.05) is 0 Å². The Kier molecular flexibility index (Phi) is 4.43. The Morgan fingerprint density at radius 3 is 2.16 bits per heavy atom. The van der Waals surface area contributed by atoms with Gasteiger partial charge >= 0.3 is 0 Å². The van der Waals surface area contributed by atoms with Crippen molar-refractivity contribution < 1.29 is 5.11 Å². The number of aliphatic hydroxyl groups is 1. The van der Waals surface area contributed by atoms with Crippen LogP contribution in [0.3, 0.4) is 0 Å². The zero-order valence-corrected chi connectivity index (χ0v) is 12.9. The van der Waals surface area contributed by atoms with Crippen molar-refractivity contribution in [3.63, 3.8) is 0 Å². The summed E-state index contributed by atoms with van der Waals surface area (Å²) in [5.41, 5.74) is 3.58. The largest absolute Gasteiger partial charge is 0.383 e. The zero-order valence-electron chi connectivity index (χ0n) is 12.1. The van der Waals surface area contributed by atoms with Crippen LogP contribution in [0.2, 0.25) is 0 Å². The van der Waals surface area contributed by atoms with Crippen LogP contribution in [-0.4, -0.2) is 5.11 Å². The first-order valence-electron chi connectivity index (χ1n) is 6.87. The number of aliphatic hydroxyl groups excluding tert-OH is 1. The maximum Gasteiger partial charge on any atom is 0.113 e. The molecule has 0 saturated heterocycles. The van der Waals surface area contributed by atoms with E-state index in [1.54, 1.807) is 11.3 Å². The summed E-state index contributed by atoms with van der Waals surface area (Å²) in [4.78, 5) is 2.32. The lowest BCUT2D eigenvalue weighted by molar-refractivity contribution is 0.224. The minimum Gasteiger partial charge on any atom is -0.383 e. The van der Waals surface area contributed by atoms with E-state index < -0.39 is 6.10 Å². The minimum absolute atomic E-state index is 0.497. The average molecular weight is 274 g/mol. The molecule has 19 heavy (non-hydrogen) atoms. The molecule has 1 N–H and O–H groups in total. The van der Waals surface area contributed by atoms with Gasteiger partial charge in [-0.1, -0.05) is 38.1 Å². The lowest BCUT2D eigenvalue weighted by Crippen LogP contribution is -1.98. The molecule has 0 saturated carbocycles. The molecule has 0 spiro atoms. The Labute approximate surface area is 119 Å². The topological polar surface area (TPSA) is 20.2 Å². The first-order valence-corrected chi connectivity index (χ1v) is 7.69. The molecule has 1 heterocycles. The van der Waals surface area contributed by atoms with E-state index >= 15 is 0 Å². The van der Waals surface area contributed by atoms with Crippen LogP contribution < -0.4 is 0 Å². The summed E-state index contributed by atoms with van der Waals surface area (Å²) < 4.78 is 0. The van der Waals surface area contributed by atoms with Crippen molar-refractivity contribution in [3.05, 3.63) is 56.8 Å². The fourth-order valence-corrected chi connectivity index (χ4v) is 3.20. The van der Waals surface area contributed by atoms with Crippen molar-refractivity contribution in [1.82, 2.24) is 0 Å². The number of thiophene rings is 1. The maximum atomic E-state index is 10.4. The summed E-state index contributed by atoms with van der Waals surface area (Å²) in [5.74, 6) is 0.581. The number of rotatable bonds is 4. The second-order valence-corrected chi connectivity index (χ2v) is 6.55. The molecule has 0 fully saturated rings. The highest BCUT2D eigenvalue weighted by atomic mass is 32.1. The smallest absolute Gasteiger partial charge is 0.113 e. The third kappa shape index (κ3) is 3.07. The van der Waals surface area contributed by atoms with Crippen molar-refractivity contribution in [2.24, 2.45) is 0 Å². The summed E-state index contributed by atoms with van der Waals surface area (Å²) in [6.45, 7) is 8.62. The molecule has 2 heteroatoms. The highest BCUT2D eigenvalue weighted by molar-refractivity contribution is 7.12. The first kappa shape index (κ1) is 14.3. The molecule has 1 aromatic heterocycles. The standard InChI is InChI=1S/C17H22OS/c1-5-11(2)14-6-8-15(9-7-14)17(18)16-10-12(3)13(4)19-16/h6-11,17-18H,5H2,1-4H3. The molecule has 0 amide bonds. The molecule has 0 aliphatic carbocycles. The summed E-state index contributed by atoms with van der Waals surface area (Å²) in [6.07, 6.45) is 0.647. The van der Waals surface area contributed by atoms with Crippen molar-refractivity contribution in [2.75, 3.05) is 0 Å². The van der Waals surface area contributed by atoms with Gasteiger partial charge in [-0.15, -0.1) is 11.3 Å². The number of aryl methyl sites for hydroxylation is 2. The number of hydrogen-bond donors (Lipinski definition) is 1. The van der Waals surface area contributed by atoms with E-state index in [0.717, 1.165) is 16.9 Å². The molecule has 0 radical (unpaired) electrons. The van der Waals surface area contributed by atoms with Gasteiger partial charge in [0.2, 0.25) is 0 Å². The van der Waals surface area contributed by atoms with Crippen LogP contribution in [0.4, 0.5) is 0 Å². The van der Waals surface area contributed by atoms with Crippen molar-refractivity contribution in [1.29, 1.82) is 0 Å². The number of hydrogen-bond acceptors (Lipinski definition) is 2. The van der Waals surface area contributed by atoms with Gasteiger partial charge in [0.1, 0.15) is 6.10 Å². The van der Waals surface area contributed by atoms with E-state index in [4.69, 9.17) is 0 Å². The molecule has 2 rings (SSSR count). The second-order valence-electron chi connectivity index (χ2n) is 5.27. The highest BCUT2D eigenvalue weighted by Crippen LogP contribution is 2.31. The molecule has 2 unspecified atom stereocenters. The first-order chi connectivity index (χ1) is 9.02. The quantitative estimate of drug-likeness (QED) is 0.835. The Bertz CT molecular complexity index is 519. The molecular weight excluding hydrogens is 252 g/mol. The van der Waals surface area contributed by atoms with E-state index in [-0.39, 0.29) is 0 Å². The van der Waals surface area contributed by atoms with E-state index in [0.29, 0.717) is 5.92 Å². The maximum absolute atomic E-state index is 10.4. The molecule has 0 aliphatic heterocycles. The zero-order chi connectivity index (χ0) is 14.0. The van der Waals surface area contributed by atoms with Crippen LogP contribution in [0.15, 0.2) is 30.3 Å². The van der Waals surface area contributed by atoms with Crippen LogP contribution in [-0.2, 0) is 0 Å². The van der Waals surface area contributed by atoms with Gasteiger partial charge < -0.3 is 5.11 Å². The van der Waals surface area contributed by atoms with Gasteiger partial charge in [0.15, 0.2) is 0 Å². The predicted octanol–water partition coefficient (Wildman–Crippen LogP) is 4.96. The Morgan fingerprint density at radius 2 is 1.68 bits per heavy atom. The van der Waals surface area contributed by atoms with Crippen molar-refractivity contribution >= 4 is 11.3 Å². The fraction of sp³-hybridized carbons (Fsp3) is 0.412. The summed E-state index contributed by atoms with van der Waals surface area (Å²) >= 11 is 1.68. The van der Waals surface area contributed by atoms with Gasteiger partial charge in [0.25, 0.3) is 0 Å². The van der Waals surface area contributed by atoms with Gasteiger partial charge in [-0.25, -0.2) is 0 Å². The van der Waals surface area contributed by atoms with Gasteiger partial charge in [-0.3, -0.25) is 0 Å². The molecule has 2 atom stereocenters. The van der Waals surface area contributed by atoms with Crippen LogP contribution >= 0.6 is 11.3 Å². The molecule has 0 aliphatic rings. The fourth-order valence-electron chi connectivity index (χ4n) is 2.14. The Balaban J connectivity index is 2.22. The molecule has 1 nitrogen and oxygen atoms in total. The van der Waals surface area contributed by atoms with Gasteiger partial charge in [-0.05, 0) is 48.9 Å². The summed E-state index contributed by atoms with van der Waals surface area (Å²) in [6, 6.07) is 10.5. The van der Waals surface area contributed by atoms with E-state index in [2.05, 4.69) is 58.0 Å². The highest BCUT2D eigenvalue weighted by Gasteiger charge is 2.14. The Morgan fingerprint density at radius 1 is 1.11 bits per heavy atom. The summed E-state index contributed by atoms with van der Waals surface area (Å²) in [5, 5.41) is 10.4. The third-order valence-electron chi connectivity index (χ3n) is 3.89. The molecule has 2 aromatic rings. The van der Waals surface area contributed by atoms with Gasteiger partial charge in [0.05, 0.1) is 0 Å². The molecule has 102 valence electrons. The molecular formula is C17H22OS. The SMILES string of the molecule is CCC(C)c1ccc(C(O)c2cc(C)c(C)s2)cc1. The molecule has 1 aromatic carbocycles. The van der Waals surface area contributed by atoms with Crippen LogP contribution in [0.5, 0.6) is 0 Å². The van der Waals surface area contributed by atoms with Gasteiger partial charge in [-0.2, -0.15) is 0 Å². The van der Waals surface area contributed by atoms with Crippen LogP contribution in [0, 0.1) is 13.8 Å². The average Bonchev–Trinajstić information content (AvgIpc) is 2.77. The van der Waals surface area contributed by atoms with Crippen molar-refractivity contribution in [3.8, 4) is 0 Å². The summed E-state index contributed by atoms with van der Waals surface area (Å²) in [7, 11) is 0. The van der Waals surface area contributed by atoms with Crippen LogP contribution in [0.25, 0.3) is 0 Å². The van der Waals surface area contributed by atoms with Gasteiger partial charge in [0, 0.05) is 9.75 Å². The predicted molar refractivity (Wildman–Crippen MR) is 83.0 cm³/mol. The molecule has 0 bridgehead atoms. The normalized spacial score (nSPS) is 14.4. The third-order valence-corrected chi connectivity index (χ3v) is 5.09. The second kappa shape index (κ2) is 5.89. The number of benzene rings is 1. The van der Waals surface area contributed by atoms with E-state index in [9.17, 15) is 5.11 Å². The minimum atomic E-state index is -0.497.